The van der Waals surface area contributed by atoms with Crippen LogP contribution in [0.4, 0.5) is 17.5 Å². The van der Waals surface area contributed by atoms with Gasteiger partial charge in [-0.15, -0.1) is 0 Å². The van der Waals surface area contributed by atoms with Crippen LogP contribution in [-0.2, 0) is 5.60 Å². The van der Waals surface area contributed by atoms with Crippen LogP contribution in [-0.4, -0.2) is 68.0 Å². The Hall–Kier alpha value is -3.56. The standard InChI is InChI=1S/C24H28N8O/c1-24(2,33)18-5-4-6-20(13-18)32-22-17(15-27-32)14-26-23(29-22)28-19-7-8-21(25-16-19)31-11-9-30(3)10-12-31/h4-8,13-16,33H,9-12H2,1-3H3,(H,26,28,29). The molecule has 1 saturated heterocycles. The maximum atomic E-state index is 10.4. The fraction of sp³-hybridized carbons (Fsp3) is 0.333. The predicted molar refractivity (Wildman–Crippen MR) is 129 cm³/mol. The minimum atomic E-state index is -0.941. The number of rotatable bonds is 5. The van der Waals surface area contributed by atoms with E-state index in [0.717, 1.165) is 54.3 Å². The molecule has 0 aliphatic carbocycles. The Balaban J connectivity index is 1.38. The van der Waals surface area contributed by atoms with Gasteiger partial charge >= 0.3 is 0 Å². The van der Waals surface area contributed by atoms with Crippen LogP contribution in [0, 0.1) is 0 Å². The van der Waals surface area contributed by atoms with Gasteiger partial charge in [-0.25, -0.2) is 14.6 Å². The summed E-state index contributed by atoms with van der Waals surface area (Å²) in [6.07, 6.45) is 5.30. The van der Waals surface area contributed by atoms with Gasteiger partial charge in [-0.1, -0.05) is 12.1 Å². The van der Waals surface area contributed by atoms with E-state index < -0.39 is 5.60 Å². The van der Waals surface area contributed by atoms with Crippen molar-refractivity contribution in [1.82, 2.24) is 29.6 Å². The van der Waals surface area contributed by atoms with Crippen molar-refractivity contribution in [2.45, 2.75) is 19.4 Å². The number of aliphatic hydroxyl groups is 1. The third kappa shape index (κ3) is 4.50. The topological polar surface area (TPSA) is 95.2 Å². The van der Waals surface area contributed by atoms with E-state index in [1.807, 2.05) is 42.6 Å². The van der Waals surface area contributed by atoms with Crippen LogP contribution >= 0.6 is 0 Å². The summed E-state index contributed by atoms with van der Waals surface area (Å²) < 4.78 is 1.76. The lowest BCUT2D eigenvalue weighted by molar-refractivity contribution is 0.0786. The molecule has 3 aromatic heterocycles. The van der Waals surface area contributed by atoms with Crippen LogP contribution in [0.1, 0.15) is 19.4 Å². The van der Waals surface area contributed by atoms with E-state index in [1.165, 1.54) is 0 Å². The molecule has 0 amide bonds. The lowest BCUT2D eigenvalue weighted by atomic mass is 9.98. The number of pyridine rings is 1. The summed E-state index contributed by atoms with van der Waals surface area (Å²) in [4.78, 5) is 18.4. The number of likely N-dealkylation sites (N-methyl/N-ethyl adjacent to an activating group) is 1. The molecule has 1 aromatic carbocycles. The Morgan fingerprint density at radius 2 is 1.79 bits per heavy atom. The number of anilines is 3. The zero-order chi connectivity index (χ0) is 23.0. The quantitative estimate of drug-likeness (QED) is 0.485. The molecule has 0 bridgehead atoms. The molecule has 5 rings (SSSR count). The van der Waals surface area contributed by atoms with E-state index >= 15 is 0 Å². The summed E-state index contributed by atoms with van der Waals surface area (Å²) in [5, 5.41) is 18.9. The highest BCUT2D eigenvalue weighted by atomic mass is 16.3. The first-order valence-electron chi connectivity index (χ1n) is 11.1. The predicted octanol–water partition coefficient (Wildman–Crippen LogP) is 2.93. The summed E-state index contributed by atoms with van der Waals surface area (Å²) in [5.41, 5.74) is 2.20. The monoisotopic (exact) mass is 444 g/mol. The minimum absolute atomic E-state index is 0.469. The molecule has 0 saturated carbocycles. The summed E-state index contributed by atoms with van der Waals surface area (Å²) in [6.45, 7) is 7.58. The third-order valence-corrected chi connectivity index (χ3v) is 5.94. The molecule has 170 valence electrons. The first-order valence-corrected chi connectivity index (χ1v) is 11.1. The van der Waals surface area contributed by atoms with Gasteiger partial charge in [0.25, 0.3) is 0 Å². The number of nitrogens with zero attached hydrogens (tertiary/aromatic N) is 7. The average Bonchev–Trinajstić information content (AvgIpc) is 3.23. The molecule has 1 aliphatic rings. The van der Waals surface area contributed by atoms with Crippen molar-refractivity contribution in [3.05, 3.63) is 60.6 Å². The van der Waals surface area contributed by atoms with E-state index in [0.29, 0.717) is 11.6 Å². The second-order valence-corrected chi connectivity index (χ2v) is 8.96. The lowest BCUT2D eigenvalue weighted by Crippen LogP contribution is -2.44. The van der Waals surface area contributed by atoms with Gasteiger partial charge in [0.2, 0.25) is 5.95 Å². The second-order valence-electron chi connectivity index (χ2n) is 8.96. The largest absolute Gasteiger partial charge is 0.386 e. The van der Waals surface area contributed by atoms with Crippen molar-refractivity contribution in [3.63, 3.8) is 0 Å². The average molecular weight is 445 g/mol. The Bertz CT molecular complexity index is 1250. The van der Waals surface area contributed by atoms with Gasteiger partial charge in [0.15, 0.2) is 5.65 Å². The van der Waals surface area contributed by atoms with Crippen molar-refractivity contribution in [2.24, 2.45) is 0 Å². The smallest absolute Gasteiger partial charge is 0.229 e. The molecule has 0 spiro atoms. The molecular formula is C24H28N8O. The van der Waals surface area contributed by atoms with E-state index in [-0.39, 0.29) is 0 Å². The lowest BCUT2D eigenvalue weighted by Gasteiger charge is -2.33. The van der Waals surface area contributed by atoms with Gasteiger partial charge in [-0.2, -0.15) is 10.1 Å². The number of fused-ring (bicyclic) bond motifs is 1. The van der Waals surface area contributed by atoms with Gasteiger partial charge in [0.1, 0.15) is 5.82 Å². The van der Waals surface area contributed by atoms with Crippen molar-refractivity contribution >= 4 is 28.5 Å². The van der Waals surface area contributed by atoms with Crippen LogP contribution in [0.5, 0.6) is 0 Å². The molecule has 9 heteroatoms. The summed E-state index contributed by atoms with van der Waals surface area (Å²) >= 11 is 0. The molecule has 9 nitrogen and oxygen atoms in total. The number of aromatic nitrogens is 5. The number of piperazine rings is 1. The van der Waals surface area contributed by atoms with Gasteiger partial charge in [-0.05, 0) is 50.7 Å². The zero-order valence-electron chi connectivity index (χ0n) is 19.1. The van der Waals surface area contributed by atoms with E-state index in [1.54, 1.807) is 30.9 Å². The highest BCUT2D eigenvalue weighted by Gasteiger charge is 2.18. The third-order valence-electron chi connectivity index (χ3n) is 5.94. The Morgan fingerprint density at radius 3 is 2.52 bits per heavy atom. The number of hydrogen-bond donors (Lipinski definition) is 2. The van der Waals surface area contributed by atoms with Crippen LogP contribution in [0.15, 0.2) is 55.0 Å². The van der Waals surface area contributed by atoms with Gasteiger partial charge < -0.3 is 20.2 Å². The Labute approximate surface area is 192 Å². The van der Waals surface area contributed by atoms with Gasteiger partial charge in [-0.3, -0.25) is 0 Å². The molecule has 0 unspecified atom stereocenters. The summed E-state index contributed by atoms with van der Waals surface area (Å²) in [6, 6.07) is 11.7. The van der Waals surface area contributed by atoms with Gasteiger partial charge in [0, 0.05) is 32.4 Å². The zero-order valence-corrected chi connectivity index (χ0v) is 19.1. The number of hydrogen-bond acceptors (Lipinski definition) is 8. The molecule has 1 aliphatic heterocycles. The van der Waals surface area contributed by atoms with Crippen LogP contribution in [0.25, 0.3) is 16.7 Å². The molecule has 4 aromatic rings. The molecular weight excluding hydrogens is 416 g/mol. The first kappa shape index (κ1) is 21.3. The Morgan fingerprint density at radius 1 is 0.970 bits per heavy atom. The first-order chi connectivity index (χ1) is 15.9. The van der Waals surface area contributed by atoms with Crippen LogP contribution < -0.4 is 10.2 Å². The van der Waals surface area contributed by atoms with Crippen LogP contribution in [0.2, 0.25) is 0 Å². The molecule has 33 heavy (non-hydrogen) atoms. The van der Waals surface area contributed by atoms with Crippen molar-refractivity contribution in [2.75, 3.05) is 43.4 Å². The highest BCUT2D eigenvalue weighted by molar-refractivity contribution is 5.77. The molecule has 1 fully saturated rings. The fourth-order valence-corrected chi connectivity index (χ4v) is 3.90. The molecule has 0 atom stereocenters. The normalized spacial score (nSPS) is 15.2. The van der Waals surface area contributed by atoms with Crippen LogP contribution in [0.3, 0.4) is 0 Å². The van der Waals surface area contributed by atoms with Gasteiger partial charge in [0.05, 0.1) is 34.8 Å². The summed E-state index contributed by atoms with van der Waals surface area (Å²) in [5.74, 6) is 1.45. The van der Waals surface area contributed by atoms with E-state index in [9.17, 15) is 5.11 Å². The highest BCUT2D eigenvalue weighted by Crippen LogP contribution is 2.24. The van der Waals surface area contributed by atoms with Crippen molar-refractivity contribution in [1.29, 1.82) is 0 Å². The molecule has 2 N–H and O–H groups in total. The maximum Gasteiger partial charge on any atom is 0.229 e. The van der Waals surface area contributed by atoms with Crippen molar-refractivity contribution < 1.29 is 5.11 Å². The SMILES string of the molecule is CN1CCN(c2ccc(Nc3ncc4cnn(-c5cccc(C(C)(C)O)c5)c4n3)cn2)CC1. The fourth-order valence-electron chi connectivity index (χ4n) is 3.90. The second kappa shape index (κ2) is 8.42. The summed E-state index contributed by atoms with van der Waals surface area (Å²) in [7, 11) is 2.14. The maximum absolute atomic E-state index is 10.4. The van der Waals surface area contributed by atoms with E-state index in [2.05, 4.69) is 37.2 Å². The Kier molecular flexibility index (Phi) is 5.43. The van der Waals surface area contributed by atoms with E-state index in [4.69, 9.17) is 4.98 Å². The van der Waals surface area contributed by atoms with Crippen molar-refractivity contribution in [3.8, 4) is 5.69 Å². The molecule has 4 heterocycles. The number of benzene rings is 1. The minimum Gasteiger partial charge on any atom is -0.386 e. The number of nitrogens with one attached hydrogen (secondary N) is 1. The molecule has 0 radical (unpaired) electrons.